The predicted molar refractivity (Wildman–Crippen MR) is 73.9 cm³/mol. The maximum Gasteiger partial charge on any atom is 0.252 e. The molecule has 0 aliphatic heterocycles. The zero-order chi connectivity index (χ0) is 13.1. The molecule has 2 aromatic carbocycles. The van der Waals surface area contributed by atoms with E-state index in [-0.39, 0.29) is 0 Å². The smallest absolute Gasteiger partial charge is 0.252 e. The zero-order valence-corrected chi connectivity index (χ0v) is 11.4. The van der Waals surface area contributed by atoms with Crippen LogP contribution in [0.2, 0.25) is 0 Å². The number of carbonyl (C=O) groups excluding carboxylic acids is 1. The van der Waals surface area contributed by atoms with Crippen molar-refractivity contribution in [2.24, 2.45) is 5.73 Å². The average molecular weight is 306 g/mol. The van der Waals surface area contributed by atoms with Gasteiger partial charge in [0.1, 0.15) is 11.5 Å². The Hall–Kier alpha value is -1.81. The SMILES string of the molecule is Cc1cc(Oc2ccccc2C(N)=O)ccc1Br. The van der Waals surface area contributed by atoms with E-state index in [1.807, 2.05) is 25.1 Å². The Labute approximate surface area is 114 Å². The molecule has 0 bridgehead atoms. The van der Waals surface area contributed by atoms with E-state index < -0.39 is 5.91 Å². The van der Waals surface area contributed by atoms with Gasteiger partial charge in [0, 0.05) is 4.47 Å². The minimum absolute atomic E-state index is 0.373. The third-order valence-electron chi connectivity index (χ3n) is 2.51. The van der Waals surface area contributed by atoms with Crippen LogP contribution < -0.4 is 10.5 Å². The maximum atomic E-state index is 11.3. The molecule has 1 amide bonds. The second-order valence-electron chi connectivity index (χ2n) is 3.87. The first-order valence-corrected chi connectivity index (χ1v) is 6.20. The van der Waals surface area contributed by atoms with Crippen molar-refractivity contribution in [3.05, 3.63) is 58.1 Å². The van der Waals surface area contributed by atoms with E-state index in [2.05, 4.69) is 15.9 Å². The summed E-state index contributed by atoms with van der Waals surface area (Å²) >= 11 is 3.42. The van der Waals surface area contributed by atoms with Crippen LogP contribution in [0.15, 0.2) is 46.9 Å². The molecule has 0 aromatic heterocycles. The van der Waals surface area contributed by atoms with Crippen LogP contribution in [0.1, 0.15) is 15.9 Å². The molecule has 92 valence electrons. The lowest BCUT2D eigenvalue weighted by Crippen LogP contribution is -2.11. The monoisotopic (exact) mass is 305 g/mol. The van der Waals surface area contributed by atoms with E-state index in [0.29, 0.717) is 17.1 Å². The fraction of sp³-hybridized carbons (Fsp3) is 0.0714. The number of hydrogen-bond donors (Lipinski definition) is 1. The van der Waals surface area contributed by atoms with Crippen molar-refractivity contribution >= 4 is 21.8 Å². The Morgan fingerprint density at radius 3 is 2.61 bits per heavy atom. The predicted octanol–water partition coefficient (Wildman–Crippen LogP) is 3.65. The fourth-order valence-electron chi connectivity index (χ4n) is 1.57. The quantitative estimate of drug-likeness (QED) is 0.941. The van der Waals surface area contributed by atoms with Crippen LogP contribution in [0.3, 0.4) is 0 Å². The van der Waals surface area contributed by atoms with Crippen LogP contribution in [-0.2, 0) is 0 Å². The van der Waals surface area contributed by atoms with E-state index in [0.717, 1.165) is 10.0 Å². The van der Waals surface area contributed by atoms with E-state index in [9.17, 15) is 4.79 Å². The molecule has 0 radical (unpaired) electrons. The molecule has 0 fully saturated rings. The summed E-state index contributed by atoms with van der Waals surface area (Å²) in [6.45, 7) is 1.97. The molecule has 0 atom stereocenters. The average Bonchev–Trinajstić information content (AvgIpc) is 2.34. The molecule has 0 spiro atoms. The number of halogens is 1. The molecule has 2 N–H and O–H groups in total. The molecule has 18 heavy (non-hydrogen) atoms. The normalized spacial score (nSPS) is 10.1. The topological polar surface area (TPSA) is 52.3 Å². The van der Waals surface area contributed by atoms with Crippen molar-refractivity contribution in [1.82, 2.24) is 0 Å². The standard InChI is InChI=1S/C14H12BrNO2/c1-9-8-10(6-7-12(9)15)18-13-5-3-2-4-11(13)14(16)17/h2-8H,1H3,(H2,16,17). The summed E-state index contributed by atoms with van der Waals surface area (Å²) in [6.07, 6.45) is 0. The first-order chi connectivity index (χ1) is 8.58. The number of nitrogens with two attached hydrogens (primary N) is 1. The lowest BCUT2D eigenvalue weighted by Gasteiger charge is -2.10. The highest BCUT2D eigenvalue weighted by molar-refractivity contribution is 9.10. The van der Waals surface area contributed by atoms with Crippen molar-refractivity contribution in [1.29, 1.82) is 0 Å². The van der Waals surface area contributed by atoms with Gasteiger partial charge in [-0.05, 0) is 42.8 Å². The van der Waals surface area contributed by atoms with Gasteiger partial charge in [-0.2, -0.15) is 0 Å². The second kappa shape index (κ2) is 5.23. The molecular formula is C14H12BrNO2. The number of primary amides is 1. The van der Waals surface area contributed by atoms with Gasteiger partial charge in [-0.1, -0.05) is 28.1 Å². The Bertz CT molecular complexity index is 596. The van der Waals surface area contributed by atoms with Crippen LogP contribution >= 0.6 is 15.9 Å². The maximum absolute atomic E-state index is 11.3. The summed E-state index contributed by atoms with van der Waals surface area (Å²) in [5.74, 6) is 0.635. The highest BCUT2D eigenvalue weighted by Gasteiger charge is 2.09. The Kier molecular flexibility index (Phi) is 3.67. The van der Waals surface area contributed by atoms with E-state index in [1.54, 1.807) is 24.3 Å². The highest BCUT2D eigenvalue weighted by atomic mass is 79.9. The third kappa shape index (κ3) is 2.71. The van der Waals surface area contributed by atoms with Gasteiger partial charge in [0.2, 0.25) is 0 Å². The van der Waals surface area contributed by atoms with Crippen LogP contribution in [0, 0.1) is 6.92 Å². The Morgan fingerprint density at radius 2 is 1.94 bits per heavy atom. The van der Waals surface area contributed by atoms with Gasteiger partial charge in [0.05, 0.1) is 5.56 Å². The number of amides is 1. The van der Waals surface area contributed by atoms with Gasteiger partial charge < -0.3 is 10.5 Å². The molecule has 0 aliphatic carbocycles. The molecule has 0 aliphatic rings. The fourth-order valence-corrected chi connectivity index (χ4v) is 1.81. The van der Waals surface area contributed by atoms with Gasteiger partial charge in [0.25, 0.3) is 5.91 Å². The van der Waals surface area contributed by atoms with Crippen molar-refractivity contribution in [3.8, 4) is 11.5 Å². The number of carbonyl (C=O) groups is 1. The lowest BCUT2D eigenvalue weighted by molar-refractivity contribution is 0.0998. The number of para-hydroxylation sites is 1. The first-order valence-electron chi connectivity index (χ1n) is 5.41. The van der Waals surface area contributed by atoms with Crippen LogP contribution in [0.4, 0.5) is 0 Å². The molecule has 0 saturated heterocycles. The van der Waals surface area contributed by atoms with Crippen molar-refractivity contribution < 1.29 is 9.53 Å². The van der Waals surface area contributed by atoms with E-state index in [4.69, 9.17) is 10.5 Å². The summed E-state index contributed by atoms with van der Waals surface area (Å²) in [4.78, 5) is 11.3. The number of hydrogen-bond acceptors (Lipinski definition) is 2. The molecule has 4 heteroatoms. The first kappa shape index (κ1) is 12.6. The Morgan fingerprint density at radius 1 is 1.22 bits per heavy atom. The molecular weight excluding hydrogens is 294 g/mol. The third-order valence-corrected chi connectivity index (χ3v) is 3.40. The van der Waals surface area contributed by atoms with Crippen molar-refractivity contribution in [3.63, 3.8) is 0 Å². The van der Waals surface area contributed by atoms with Crippen LogP contribution in [0.25, 0.3) is 0 Å². The van der Waals surface area contributed by atoms with Crippen LogP contribution in [0.5, 0.6) is 11.5 Å². The minimum atomic E-state index is -0.501. The van der Waals surface area contributed by atoms with Crippen LogP contribution in [-0.4, -0.2) is 5.91 Å². The molecule has 0 heterocycles. The molecule has 2 aromatic rings. The summed E-state index contributed by atoms with van der Waals surface area (Å²) < 4.78 is 6.70. The summed E-state index contributed by atoms with van der Waals surface area (Å²) in [5.41, 5.74) is 6.73. The highest BCUT2D eigenvalue weighted by Crippen LogP contribution is 2.28. The molecule has 3 nitrogen and oxygen atoms in total. The van der Waals surface area contributed by atoms with Gasteiger partial charge in [-0.3, -0.25) is 4.79 Å². The van der Waals surface area contributed by atoms with Gasteiger partial charge in [-0.15, -0.1) is 0 Å². The molecule has 0 unspecified atom stereocenters. The summed E-state index contributed by atoms with van der Waals surface area (Å²) in [5, 5.41) is 0. The summed E-state index contributed by atoms with van der Waals surface area (Å²) in [6, 6.07) is 12.5. The lowest BCUT2D eigenvalue weighted by atomic mass is 10.2. The van der Waals surface area contributed by atoms with E-state index >= 15 is 0 Å². The second-order valence-corrected chi connectivity index (χ2v) is 4.73. The van der Waals surface area contributed by atoms with Gasteiger partial charge in [0.15, 0.2) is 0 Å². The molecule has 2 rings (SSSR count). The van der Waals surface area contributed by atoms with Crippen molar-refractivity contribution in [2.75, 3.05) is 0 Å². The van der Waals surface area contributed by atoms with E-state index in [1.165, 1.54) is 0 Å². The number of rotatable bonds is 3. The number of aryl methyl sites for hydroxylation is 1. The number of ether oxygens (including phenoxy) is 1. The number of benzene rings is 2. The molecule has 0 saturated carbocycles. The minimum Gasteiger partial charge on any atom is -0.457 e. The van der Waals surface area contributed by atoms with Crippen molar-refractivity contribution in [2.45, 2.75) is 6.92 Å². The zero-order valence-electron chi connectivity index (χ0n) is 9.81. The van der Waals surface area contributed by atoms with Gasteiger partial charge in [-0.25, -0.2) is 0 Å². The van der Waals surface area contributed by atoms with Gasteiger partial charge >= 0.3 is 0 Å². The Balaban J connectivity index is 2.34. The largest absolute Gasteiger partial charge is 0.457 e. The summed E-state index contributed by atoms with van der Waals surface area (Å²) in [7, 11) is 0.